The summed E-state index contributed by atoms with van der Waals surface area (Å²) in [5.74, 6) is -0.279. The molecule has 0 fully saturated rings. The summed E-state index contributed by atoms with van der Waals surface area (Å²) in [6.07, 6.45) is 4.10. The third-order valence-corrected chi connectivity index (χ3v) is 6.15. The number of ether oxygens (including phenoxy) is 1. The molecule has 10 heteroatoms. The lowest BCUT2D eigenvalue weighted by Gasteiger charge is -2.29. The van der Waals surface area contributed by atoms with Gasteiger partial charge < -0.3 is 19.2 Å². The summed E-state index contributed by atoms with van der Waals surface area (Å²) in [6, 6.07) is 5.49. The Balaban J connectivity index is 2.17. The standard InChI is InChI=1S/C24H40NO8P/c1-19-16-21(12-13-23(19)20(2)26)31-14-10-8-6-7-9-11-15-32-34(29,30)33-22(17-24(27)28)18-25(3,4)5/h12-13,16,22H,6-11,14-15,17-18H2,1-5H3,(H-,27,28,29,30)/p+1/t22-/m1/s1. The maximum atomic E-state index is 12.2. The van der Waals surface area contributed by atoms with Crippen LogP contribution >= 0.6 is 7.82 Å². The molecule has 1 rings (SSSR count). The van der Waals surface area contributed by atoms with Crippen molar-refractivity contribution in [2.45, 2.75) is 64.9 Å². The summed E-state index contributed by atoms with van der Waals surface area (Å²) < 4.78 is 28.5. The number of rotatable bonds is 18. The van der Waals surface area contributed by atoms with Crippen molar-refractivity contribution in [1.82, 2.24) is 0 Å². The minimum Gasteiger partial charge on any atom is -0.494 e. The zero-order valence-electron chi connectivity index (χ0n) is 21.1. The van der Waals surface area contributed by atoms with Crippen molar-refractivity contribution in [1.29, 1.82) is 0 Å². The van der Waals surface area contributed by atoms with Gasteiger partial charge in [0.1, 0.15) is 18.4 Å². The number of phosphoric acid groups is 1. The van der Waals surface area contributed by atoms with Gasteiger partial charge in [-0.3, -0.25) is 18.6 Å². The molecule has 0 aromatic heterocycles. The molecule has 2 N–H and O–H groups in total. The van der Waals surface area contributed by atoms with E-state index in [0.717, 1.165) is 43.4 Å². The Morgan fingerprint density at radius 2 is 1.62 bits per heavy atom. The lowest BCUT2D eigenvalue weighted by atomic mass is 10.1. The largest absolute Gasteiger partial charge is 0.494 e. The summed E-state index contributed by atoms with van der Waals surface area (Å²) in [6.45, 7) is 4.41. The number of quaternary nitrogens is 1. The van der Waals surface area contributed by atoms with Crippen LogP contribution in [0.5, 0.6) is 5.75 Å². The topological polar surface area (TPSA) is 119 Å². The fourth-order valence-electron chi connectivity index (χ4n) is 3.56. The molecule has 194 valence electrons. The van der Waals surface area contributed by atoms with Crippen molar-refractivity contribution in [3.05, 3.63) is 29.3 Å². The number of carboxylic acids is 1. The smallest absolute Gasteiger partial charge is 0.472 e. The molecule has 1 aromatic rings. The van der Waals surface area contributed by atoms with E-state index >= 15 is 0 Å². The number of phosphoric ester groups is 1. The van der Waals surface area contributed by atoms with Gasteiger partial charge >= 0.3 is 13.8 Å². The van der Waals surface area contributed by atoms with Crippen molar-refractivity contribution >= 4 is 19.6 Å². The second kappa shape index (κ2) is 14.6. The van der Waals surface area contributed by atoms with E-state index in [1.54, 1.807) is 13.0 Å². The highest BCUT2D eigenvalue weighted by Crippen LogP contribution is 2.45. The average Bonchev–Trinajstić information content (AvgIpc) is 2.66. The van der Waals surface area contributed by atoms with E-state index in [0.29, 0.717) is 23.1 Å². The molecule has 0 aliphatic rings. The fourth-order valence-corrected chi connectivity index (χ4v) is 4.50. The minimum absolute atomic E-state index is 0.0472. The lowest BCUT2D eigenvalue weighted by molar-refractivity contribution is -0.873. The van der Waals surface area contributed by atoms with Crippen LogP contribution in [-0.2, 0) is 18.4 Å². The number of carbonyl (C=O) groups excluding carboxylic acids is 1. The molecule has 0 aliphatic carbocycles. The van der Waals surface area contributed by atoms with Crippen molar-refractivity contribution < 1.29 is 42.4 Å². The van der Waals surface area contributed by atoms with Gasteiger partial charge in [-0.1, -0.05) is 25.7 Å². The molecular formula is C24H41NO8P+. The number of likely N-dealkylation sites (N-methyl/N-ethyl adjacent to an activating group) is 1. The van der Waals surface area contributed by atoms with Gasteiger partial charge in [0.15, 0.2) is 5.78 Å². The first kappa shape index (κ1) is 30.3. The summed E-state index contributed by atoms with van der Waals surface area (Å²) in [4.78, 5) is 32.4. The first-order valence-electron chi connectivity index (χ1n) is 11.7. The maximum absolute atomic E-state index is 12.2. The monoisotopic (exact) mass is 502 g/mol. The molecule has 0 saturated heterocycles. The molecule has 0 saturated carbocycles. The Kier molecular flexibility index (Phi) is 13.0. The Labute approximate surface area is 203 Å². The van der Waals surface area contributed by atoms with E-state index in [-0.39, 0.29) is 25.4 Å². The highest BCUT2D eigenvalue weighted by atomic mass is 31.2. The van der Waals surface area contributed by atoms with E-state index in [2.05, 4.69) is 0 Å². The highest BCUT2D eigenvalue weighted by Gasteiger charge is 2.31. The number of hydrogen-bond acceptors (Lipinski definition) is 6. The average molecular weight is 503 g/mol. The number of hydrogen-bond donors (Lipinski definition) is 2. The van der Waals surface area contributed by atoms with Crippen molar-refractivity contribution in [2.75, 3.05) is 40.9 Å². The van der Waals surface area contributed by atoms with Crippen molar-refractivity contribution in [2.24, 2.45) is 0 Å². The number of Topliss-reactive ketones (excluding diaryl/α,β-unsaturated/α-hetero) is 1. The predicted octanol–water partition coefficient (Wildman–Crippen LogP) is 4.60. The number of ketones is 1. The molecular weight excluding hydrogens is 461 g/mol. The van der Waals surface area contributed by atoms with Crippen molar-refractivity contribution in [3.8, 4) is 5.75 Å². The molecule has 0 heterocycles. The first-order chi connectivity index (χ1) is 15.8. The molecule has 2 atom stereocenters. The van der Waals surface area contributed by atoms with E-state index < -0.39 is 19.9 Å². The normalized spacial score (nSPS) is 14.4. The molecule has 1 aromatic carbocycles. The van der Waals surface area contributed by atoms with Gasteiger partial charge in [0.25, 0.3) is 0 Å². The van der Waals surface area contributed by atoms with Gasteiger partial charge in [0, 0.05) is 5.56 Å². The van der Waals surface area contributed by atoms with Gasteiger partial charge in [0.2, 0.25) is 0 Å². The van der Waals surface area contributed by atoms with Crippen LogP contribution < -0.4 is 4.74 Å². The minimum atomic E-state index is -4.31. The van der Waals surface area contributed by atoms with Gasteiger partial charge in [-0.15, -0.1) is 0 Å². The van der Waals surface area contributed by atoms with Crippen LogP contribution in [0.15, 0.2) is 18.2 Å². The van der Waals surface area contributed by atoms with Gasteiger partial charge in [0.05, 0.1) is 40.8 Å². The molecule has 0 aliphatic heterocycles. The molecule has 0 amide bonds. The Bertz CT molecular complexity index is 837. The van der Waals surface area contributed by atoms with Crippen LogP contribution in [0.4, 0.5) is 0 Å². The Hall–Kier alpha value is -1.77. The van der Waals surface area contributed by atoms with Gasteiger partial charge in [-0.2, -0.15) is 0 Å². The third kappa shape index (κ3) is 13.8. The zero-order valence-corrected chi connectivity index (χ0v) is 22.0. The van der Waals surface area contributed by atoms with Crippen LogP contribution in [0.25, 0.3) is 0 Å². The maximum Gasteiger partial charge on any atom is 0.472 e. The number of nitrogens with zero attached hydrogens (tertiary/aromatic N) is 1. The number of aliphatic carboxylic acids is 1. The zero-order chi connectivity index (χ0) is 25.8. The second-order valence-corrected chi connectivity index (χ2v) is 11.0. The molecule has 1 unspecified atom stereocenters. The number of benzene rings is 1. The number of aryl methyl sites for hydroxylation is 1. The first-order valence-corrected chi connectivity index (χ1v) is 13.2. The Morgan fingerprint density at radius 1 is 1.03 bits per heavy atom. The van der Waals surface area contributed by atoms with Crippen molar-refractivity contribution in [3.63, 3.8) is 0 Å². The molecule has 0 radical (unpaired) electrons. The van der Waals surface area contributed by atoms with Crippen LogP contribution in [0, 0.1) is 6.92 Å². The van der Waals surface area contributed by atoms with Crippen LogP contribution in [0.2, 0.25) is 0 Å². The predicted molar refractivity (Wildman–Crippen MR) is 130 cm³/mol. The molecule has 9 nitrogen and oxygen atoms in total. The number of unbranched alkanes of at least 4 members (excludes halogenated alkanes) is 5. The van der Waals surface area contributed by atoms with Crippen LogP contribution in [0.1, 0.15) is 67.8 Å². The summed E-state index contributed by atoms with van der Waals surface area (Å²) in [5.41, 5.74) is 1.63. The second-order valence-electron chi connectivity index (χ2n) is 9.60. The van der Waals surface area contributed by atoms with Gasteiger partial charge in [-0.05, 0) is 50.5 Å². The summed E-state index contributed by atoms with van der Waals surface area (Å²) in [5, 5.41) is 9.01. The Morgan fingerprint density at radius 3 is 2.15 bits per heavy atom. The molecule has 0 bridgehead atoms. The fraction of sp³-hybridized carbons (Fsp3) is 0.667. The number of carbonyl (C=O) groups is 2. The van der Waals surface area contributed by atoms with E-state index in [1.165, 1.54) is 0 Å². The highest BCUT2D eigenvalue weighted by molar-refractivity contribution is 7.47. The third-order valence-electron chi connectivity index (χ3n) is 5.07. The summed E-state index contributed by atoms with van der Waals surface area (Å²) >= 11 is 0. The molecule has 34 heavy (non-hydrogen) atoms. The van der Waals surface area contributed by atoms with Crippen LogP contribution in [0.3, 0.4) is 0 Å². The SMILES string of the molecule is CC(=O)c1ccc(OCCCCCCCCOP(=O)(O)O[C@H](CC(=O)O)C[N+](C)(C)C)cc1C. The van der Waals surface area contributed by atoms with Crippen LogP contribution in [-0.4, -0.2) is 73.2 Å². The van der Waals surface area contributed by atoms with E-state index in [9.17, 15) is 19.0 Å². The summed E-state index contributed by atoms with van der Waals surface area (Å²) in [7, 11) is 1.23. The van der Waals surface area contributed by atoms with Gasteiger partial charge in [-0.25, -0.2) is 4.57 Å². The van der Waals surface area contributed by atoms with E-state index in [4.69, 9.17) is 18.9 Å². The quantitative estimate of drug-likeness (QED) is 0.129. The lowest BCUT2D eigenvalue weighted by Crippen LogP contribution is -2.42. The molecule has 0 spiro atoms. The van der Waals surface area contributed by atoms with E-state index in [1.807, 2.05) is 40.2 Å². The number of carboxylic acid groups (broad SMARTS) is 1.